The Kier molecular flexibility index (Phi) is 5.17. The molecule has 1 aromatic heterocycles. The first-order valence-corrected chi connectivity index (χ1v) is 8.46. The van der Waals surface area contributed by atoms with Crippen molar-refractivity contribution in [3.63, 3.8) is 0 Å². The molecule has 3 heterocycles. The van der Waals surface area contributed by atoms with Crippen LogP contribution in [0.3, 0.4) is 0 Å². The molecule has 2 saturated heterocycles. The third kappa shape index (κ3) is 3.84. The number of hydrogen-bond acceptors (Lipinski definition) is 4. The second-order valence-electron chi connectivity index (χ2n) is 6.56. The van der Waals surface area contributed by atoms with Gasteiger partial charge in [0.15, 0.2) is 0 Å². The van der Waals surface area contributed by atoms with Crippen LogP contribution in [0.2, 0.25) is 0 Å². The number of hydrogen-bond donors (Lipinski definition) is 1. The second kappa shape index (κ2) is 7.31. The minimum atomic E-state index is 0.0358. The quantitative estimate of drug-likeness (QED) is 0.875. The molecular formula is C16H27N5O2. The van der Waals surface area contributed by atoms with Gasteiger partial charge in [-0.15, -0.1) is 0 Å². The molecule has 0 unspecified atom stereocenters. The predicted octanol–water partition coefficient (Wildman–Crippen LogP) is 0.908. The molecule has 0 saturated carbocycles. The number of urea groups is 1. The first-order chi connectivity index (χ1) is 11.2. The molecule has 1 N–H and O–H groups in total. The summed E-state index contributed by atoms with van der Waals surface area (Å²) in [7, 11) is 1.68. The van der Waals surface area contributed by atoms with Crippen molar-refractivity contribution in [3.05, 3.63) is 18.0 Å². The van der Waals surface area contributed by atoms with Crippen LogP contribution in [0.5, 0.6) is 0 Å². The normalized spacial score (nSPS) is 24.7. The Labute approximate surface area is 137 Å². The topological polar surface area (TPSA) is 62.6 Å². The molecule has 2 atom stereocenters. The van der Waals surface area contributed by atoms with Gasteiger partial charge in [0.1, 0.15) is 0 Å². The lowest BCUT2D eigenvalue weighted by molar-refractivity contribution is 0.0802. The summed E-state index contributed by atoms with van der Waals surface area (Å²) < 4.78 is 6.88. The number of fused-ring (bicyclic) bond motifs is 1. The Bertz CT molecular complexity index is 532. The van der Waals surface area contributed by atoms with Crippen molar-refractivity contribution in [2.24, 2.45) is 0 Å². The van der Waals surface area contributed by atoms with Gasteiger partial charge in [-0.05, 0) is 26.3 Å². The summed E-state index contributed by atoms with van der Waals surface area (Å²) >= 11 is 0. The number of methoxy groups -OCH3 is 1. The minimum absolute atomic E-state index is 0.0358. The van der Waals surface area contributed by atoms with Crippen molar-refractivity contribution in [1.82, 2.24) is 24.9 Å². The van der Waals surface area contributed by atoms with Gasteiger partial charge >= 0.3 is 6.03 Å². The van der Waals surface area contributed by atoms with E-state index in [1.54, 1.807) is 13.3 Å². The summed E-state index contributed by atoms with van der Waals surface area (Å²) in [5.74, 6) is 0. The zero-order valence-corrected chi connectivity index (χ0v) is 14.1. The van der Waals surface area contributed by atoms with Crippen molar-refractivity contribution < 1.29 is 9.53 Å². The molecule has 2 aliphatic heterocycles. The third-order valence-corrected chi connectivity index (χ3v) is 4.85. The van der Waals surface area contributed by atoms with Crippen LogP contribution in [-0.4, -0.2) is 71.0 Å². The zero-order valence-electron chi connectivity index (χ0n) is 14.1. The number of carbonyl (C=O) groups is 1. The van der Waals surface area contributed by atoms with E-state index in [-0.39, 0.29) is 12.1 Å². The summed E-state index contributed by atoms with van der Waals surface area (Å²) in [6, 6.07) is 0.858. The van der Waals surface area contributed by atoms with E-state index in [1.807, 2.05) is 15.8 Å². The Balaban J connectivity index is 1.49. The number of nitrogens with one attached hydrogen (secondary N) is 1. The summed E-state index contributed by atoms with van der Waals surface area (Å²) in [5, 5.41) is 7.30. The molecule has 7 nitrogen and oxygen atoms in total. The van der Waals surface area contributed by atoms with Crippen LogP contribution in [0.25, 0.3) is 0 Å². The smallest absolute Gasteiger partial charge is 0.318 e. The molecule has 1 aromatic rings. The summed E-state index contributed by atoms with van der Waals surface area (Å²) in [6.45, 7) is 7.04. The van der Waals surface area contributed by atoms with Gasteiger partial charge in [0, 0.05) is 50.6 Å². The van der Waals surface area contributed by atoms with Crippen LogP contribution >= 0.6 is 0 Å². The SMILES string of the molecule is COCCn1cc(CNC(=O)N2C[C@H]3CCCN3C[C@H]2C)cn1. The van der Waals surface area contributed by atoms with Crippen molar-refractivity contribution in [3.8, 4) is 0 Å². The Morgan fingerprint density at radius 1 is 1.48 bits per heavy atom. The van der Waals surface area contributed by atoms with E-state index < -0.39 is 0 Å². The van der Waals surface area contributed by atoms with E-state index in [0.717, 1.165) is 25.2 Å². The largest absolute Gasteiger partial charge is 0.383 e. The molecule has 0 aromatic carbocycles. The van der Waals surface area contributed by atoms with Crippen molar-refractivity contribution in [2.75, 3.05) is 33.4 Å². The monoisotopic (exact) mass is 321 g/mol. The van der Waals surface area contributed by atoms with Gasteiger partial charge in [0.25, 0.3) is 0 Å². The summed E-state index contributed by atoms with van der Waals surface area (Å²) in [6.07, 6.45) is 6.22. The molecule has 23 heavy (non-hydrogen) atoms. The molecule has 0 bridgehead atoms. The highest BCUT2D eigenvalue weighted by Gasteiger charge is 2.36. The number of nitrogens with zero attached hydrogens (tertiary/aromatic N) is 4. The van der Waals surface area contributed by atoms with Crippen LogP contribution in [0.1, 0.15) is 25.3 Å². The van der Waals surface area contributed by atoms with Gasteiger partial charge in [-0.2, -0.15) is 5.10 Å². The fourth-order valence-electron chi connectivity index (χ4n) is 3.55. The predicted molar refractivity (Wildman–Crippen MR) is 87.1 cm³/mol. The zero-order chi connectivity index (χ0) is 16.2. The molecule has 0 radical (unpaired) electrons. The van der Waals surface area contributed by atoms with Crippen molar-refractivity contribution in [2.45, 2.75) is 44.9 Å². The molecule has 0 spiro atoms. The van der Waals surface area contributed by atoms with Crippen LogP contribution < -0.4 is 5.32 Å². The van der Waals surface area contributed by atoms with Crippen LogP contribution in [0.4, 0.5) is 4.79 Å². The number of rotatable bonds is 5. The first-order valence-electron chi connectivity index (χ1n) is 8.46. The molecule has 2 fully saturated rings. The fourth-order valence-corrected chi connectivity index (χ4v) is 3.55. The lowest BCUT2D eigenvalue weighted by Crippen LogP contribution is -2.58. The van der Waals surface area contributed by atoms with E-state index in [4.69, 9.17) is 4.74 Å². The van der Waals surface area contributed by atoms with Gasteiger partial charge in [0.05, 0.1) is 19.3 Å². The van der Waals surface area contributed by atoms with Gasteiger partial charge in [0.2, 0.25) is 0 Å². The van der Waals surface area contributed by atoms with Crippen LogP contribution in [0.15, 0.2) is 12.4 Å². The van der Waals surface area contributed by atoms with Crippen molar-refractivity contribution >= 4 is 6.03 Å². The van der Waals surface area contributed by atoms with Gasteiger partial charge in [-0.25, -0.2) is 4.79 Å². The Morgan fingerprint density at radius 3 is 3.17 bits per heavy atom. The molecule has 7 heteroatoms. The first kappa shape index (κ1) is 16.3. The van der Waals surface area contributed by atoms with Crippen molar-refractivity contribution in [1.29, 1.82) is 0 Å². The second-order valence-corrected chi connectivity index (χ2v) is 6.56. The maximum absolute atomic E-state index is 12.5. The molecule has 2 aliphatic rings. The van der Waals surface area contributed by atoms with Crippen LogP contribution in [-0.2, 0) is 17.8 Å². The maximum Gasteiger partial charge on any atom is 0.318 e. The average Bonchev–Trinajstić information content (AvgIpc) is 3.18. The number of carbonyl (C=O) groups excluding carboxylic acids is 1. The standard InChI is InChI=1S/C16H27N5O2/c1-13-10-19-5-3-4-15(19)12-21(13)16(22)17-8-14-9-18-20(11-14)6-7-23-2/h9,11,13,15H,3-8,10,12H2,1-2H3,(H,17,22)/t13-,15-/m1/s1. The number of ether oxygens (including phenoxy) is 1. The minimum Gasteiger partial charge on any atom is -0.383 e. The van der Waals surface area contributed by atoms with E-state index >= 15 is 0 Å². The fraction of sp³-hybridized carbons (Fsp3) is 0.750. The molecule has 0 aliphatic carbocycles. The lowest BCUT2D eigenvalue weighted by Gasteiger charge is -2.42. The van der Waals surface area contributed by atoms with E-state index in [1.165, 1.54) is 19.4 Å². The molecule has 2 amide bonds. The van der Waals surface area contributed by atoms with Gasteiger partial charge < -0.3 is 15.0 Å². The molecule has 3 rings (SSSR count). The molecular weight excluding hydrogens is 294 g/mol. The lowest BCUT2D eigenvalue weighted by atomic mass is 10.1. The van der Waals surface area contributed by atoms with Gasteiger partial charge in [-0.3, -0.25) is 9.58 Å². The Hall–Kier alpha value is -1.60. The highest BCUT2D eigenvalue weighted by molar-refractivity contribution is 5.74. The number of aromatic nitrogens is 2. The van der Waals surface area contributed by atoms with E-state index in [9.17, 15) is 4.79 Å². The summed E-state index contributed by atoms with van der Waals surface area (Å²) in [5.41, 5.74) is 1.02. The van der Waals surface area contributed by atoms with Gasteiger partial charge in [-0.1, -0.05) is 0 Å². The maximum atomic E-state index is 12.5. The van der Waals surface area contributed by atoms with E-state index in [2.05, 4.69) is 22.2 Å². The highest BCUT2D eigenvalue weighted by atomic mass is 16.5. The summed E-state index contributed by atoms with van der Waals surface area (Å²) in [4.78, 5) is 17.0. The molecule has 128 valence electrons. The highest BCUT2D eigenvalue weighted by Crippen LogP contribution is 2.24. The third-order valence-electron chi connectivity index (χ3n) is 4.85. The number of amides is 2. The average molecular weight is 321 g/mol. The number of piperazine rings is 1. The van der Waals surface area contributed by atoms with Crippen LogP contribution in [0, 0.1) is 0 Å². The Morgan fingerprint density at radius 2 is 2.35 bits per heavy atom. The van der Waals surface area contributed by atoms with E-state index in [0.29, 0.717) is 19.2 Å².